The molecule has 0 saturated carbocycles. The predicted octanol–water partition coefficient (Wildman–Crippen LogP) is 0.0900. The topological polar surface area (TPSA) is 250 Å². The van der Waals surface area contributed by atoms with Crippen LogP contribution in [0.3, 0.4) is 0 Å². The van der Waals surface area contributed by atoms with E-state index in [1.54, 1.807) is 0 Å². The highest BCUT2D eigenvalue weighted by molar-refractivity contribution is 7.48. The Morgan fingerprint density at radius 1 is 1.11 bits per heavy atom. The standard InChI is InChI=1S/C23H37FN3O16P/c1-13(2)40-20(31)35-11-38-44(34,39-12-36-21(32)41-14(3)4)37-10-23(9-24)17(42-16(29)8-25)22(5,33)18(43-23)27-7-6-15(28)26-19(27)30/h6-7,13-14,17-19,30,33H,8-12,25H2,1-5H3,(H,26,28)/t17-,18+,19?,22+,23+/m0/s1. The number of aliphatic hydroxyl groups excluding tert-OH is 1. The number of ether oxygens (including phenoxy) is 6. The van der Waals surface area contributed by atoms with Crippen LogP contribution in [0.5, 0.6) is 0 Å². The molecule has 0 bridgehead atoms. The number of amides is 1. The van der Waals surface area contributed by atoms with Crippen molar-refractivity contribution in [2.45, 2.75) is 76.7 Å². The fraction of sp³-hybridized carbons (Fsp3) is 0.739. The number of hydrogen-bond donors (Lipinski definition) is 4. The molecule has 2 aliphatic rings. The van der Waals surface area contributed by atoms with E-state index in [0.717, 1.165) is 24.1 Å². The summed E-state index contributed by atoms with van der Waals surface area (Å²) in [6.45, 7) is 1.50. The van der Waals surface area contributed by atoms with Gasteiger partial charge in [0.2, 0.25) is 25.8 Å². The van der Waals surface area contributed by atoms with Crippen molar-refractivity contribution < 1.29 is 80.3 Å². The van der Waals surface area contributed by atoms with Gasteiger partial charge in [0.25, 0.3) is 0 Å². The Bertz CT molecular complexity index is 1080. The van der Waals surface area contributed by atoms with E-state index < -0.39 is 108 Å². The molecule has 2 rings (SSSR count). The monoisotopic (exact) mass is 661 g/mol. The van der Waals surface area contributed by atoms with E-state index in [2.05, 4.69) is 14.8 Å². The highest BCUT2D eigenvalue weighted by Crippen LogP contribution is 2.52. The SMILES string of the molecule is CC(C)OC(=O)OCOP(=O)(OCOC(=O)OC(C)C)OC[C@@]1(CF)O[C@@H](N2C=CC(=O)NC2O)[C@](C)(O)[C@@H]1OC(=O)CN. The molecule has 252 valence electrons. The fourth-order valence-corrected chi connectivity index (χ4v) is 4.77. The molecule has 0 aromatic heterocycles. The predicted molar refractivity (Wildman–Crippen MR) is 139 cm³/mol. The molecule has 0 aromatic rings. The maximum absolute atomic E-state index is 14.9. The van der Waals surface area contributed by atoms with E-state index in [1.807, 2.05) is 0 Å². The van der Waals surface area contributed by atoms with Crippen LogP contribution in [0.4, 0.5) is 14.0 Å². The quantitative estimate of drug-likeness (QED) is 0.0785. The lowest BCUT2D eigenvalue weighted by Crippen LogP contribution is -2.60. The van der Waals surface area contributed by atoms with Gasteiger partial charge in [-0.15, -0.1) is 0 Å². The number of alkyl halides is 1. The first-order valence-electron chi connectivity index (χ1n) is 13.0. The minimum absolute atomic E-state index is 0.582. The van der Waals surface area contributed by atoms with Crippen molar-refractivity contribution in [3.05, 3.63) is 12.3 Å². The number of aliphatic hydroxyl groups is 2. The highest BCUT2D eigenvalue weighted by Gasteiger charge is 2.66. The average molecular weight is 662 g/mol. The minimum atomic E-state index is -4.98. The Morgan fingerprint density at radius 3 is 2.11 bits per heavy atom. The van der Waals surface area contributed by atoms with E-state index in [-0.39, 0.29) is 0 Å². The fourth-order valence-electron chi connectivity index (χ4n) is 3.81. The summed E-state index contributed by atoms with van der Waals surface area (Å²) in [5, 5.41) is 23.9. The summed E-state index contributed by atoms with van der Waals surface area (Å²) in [6.07, 6.45) is -7.10. The number of hydrogen-bond acceptors (Lipinski definition) is 18. The van der Waals surface area contributed by atoms with Crippen LogP contribution < -0.4 is 11.1 Å². The largest absolute Gasteiger partial charge is 0.510 e. The number of esters is 1. The summed E-state index contributed by atoms with van der Waals surface area (Å²) in [5.41, 5.74) is 0.477. The molecule has 1 amide bonds. The summed E-state index contributed by atoms with van der Waals surface area (Å²) < 4.78 is 73.1. The molecular formula is C23H37FN3O16P. The second kappa shape index (κ2) is 15.8. The lowest BCUT2D eigenvalue weighted by atomic mass is 9.88. The molecule has 0 spiro atoms. The van der Waals surface area contributed by atoms with Gasteiger partial charge in [-0.05, 0) is 34.6 Å². The van der Waals surface area contributed by atoms with Crippen molar-refractivity contribution in [1.82, 2.24) is 10.2 Å². The number of nitrogens with two attached hydrogens (primary N) is 1. The number of nitrogens with one attached hydrogen (secondary N) is 1. The summed E-state index contributed by atoms with van der Waals surface area (Å²) in [4.78, 5) is 48.1. The first-order chi connectivity index (χ1) is 20.5. The highest BCUT2D eigenvalue weighted by atomic mass is 31.2. The molecule has 0 aromatic carbocycles. The van der Waals surface area contributed by atoms with E-state index in [4.69, 9.17) is 38.3 Å². The number of nitrogens with zero attached hydrogens (tertiary/aromatic N) is 1. The van der Waals surface area contributed by atoms with Gasteiger partial charge in [-0.25, -0.2) is 27.6 Å². The zero-order valence-corrected chi connectivity index (χ0v) is 25.4. The second-order valence-electron chi connectivity index (χ2n) is 9.95. The first-order valence-corrected chi connectivity index (χ1v) is 14.4. The molecule has 5 N–H and O–H groups in total. The lowest BCUT2D eigenvalue weighted by Gasteiger charge is -2.39. The summed E-state index contributed by atoms with van der Waals surface area (Å²) in [7, 11) is -4.98. The van der Waals surface area contributed by atoms with Crippen molar-refractivity contribution in [3.8, 4) is 0 Å². The molecule has 2 aliphatic heterocycles. The molecule has 1 fully saturated rings. The Labute approximate surface area is 251 Å². The van der Waals surface area contributed by atoms with Crippen LogP contribution in [0.2, 0.25) is 0 Å². The number of rotatable bonds is 15. The lowest BCUT2D eigenvalue weighted by molar-refractivity contribution is -0.191. The van der Waals surface area contributed by atoms with Crippen molar-refractivity contribution in [2.75, 3.05) is 33.4 Å². The van der Waals surface area contributed by atoms with Crippen molar-refractivity contribution in [2.24, 2.45) is 5.73 Å². The molecule has 1 unspecified atom stereocenters. The molecular weight excluding hydrogens is 624 g/mol. The first kappa shape index (κ1) is 37.1. The molecule has 21 heteroatoms. The van der Waals surface area contributed by atoms with E-state index in [0.29, 0.717) is 0 Å². The molecule has 2 heterocycles. The number of phosphoric ester groups is 1. The zero-order chi connectivity index (χ0) is 33.3. The van der Waals surface area contributed by atoms with Crippen LogP contribution in [0, 0.1) is 0 Å². The van der Waals surface area contributed by atoms with Gasteiger partial charge < -0.3 is 54.6 Å². The molecule has 44 heavy (non-hydrogen) atoms. The van der Waals surface area contributed by atoms with Crippen molar-refractivity contribution in [1.29, 1.82) is 0 Å². The average Bonchev–Trinajstić information content (AvgIpc) is 3.13. The van der Waals surface area contributed by atoms with Crippen molar-refractivity contribution >= 4 is 32.0 Å². The third-order valence-corrected chi connectivity index (χ3v) is 6.91. The van der Waals surface area contributed by atoms with E-state index in [1.165, 1.54) is 27.7 Å². The van der Waals surface area contributed by atoms with Gasteiger partial charge in [-0.1, -0.05) is 0 Å². The van der Waals surface area contributed by atoms with Crippen LogP contribution in [0.1, 0.15) is 34.6 Å². The van der Waals surface area contributed by atoms with E-state index in [9.17, 15) is 38.3 Å². The Kier molecular flexibility index (Phi) is 13.3. The Balaban J connectivity index is 2.34. The van der Waals surface area contributed by atoms with Crippen LogP contribution in [0.25, 0.3) is 0 Å². The number of phosphoric acid groups is 1. The molecule has 0 radical (unpaired) electrons. The molecule has 1 saturated heterocycles. The van der Waals surface area contributed by atoms with Gasteiger partial charge >= 0.3 is 26.1 Å². The maximum Gasteiger partial charge on any atom is 0.510 e. The second-order valence-corrected chi connectivity index (χ2v) is 11.6. The maximum atomic E-state index is 14.9. The molecule has 5 atom stereocenters. The van der Waals surface area contributed by atoms with Gasteiger partial charge in [-0.2, -0.15) is 0 Å². The van der Waals surface area contributed by atoms with Crippen molar-refractivity contribution in [3.63, 3.8) is 0 Å². The third kappa shape index (κ3) is 9.96. The number of carbonyl (C=O) groups is 4. The zero-order valence-electron chi connectivity index (χ0n) is 24.5. The van der Waals surface area contributed by atoms with Gasteiger partial charge in [0, 0.05) is 12.3 Å². The van der Waals surface area contributed by atoms with Gasteiger partial charge in [0.05, 0.1) is 25.4 Å². The Morgan fingerprint density at radius 2 is 1.66 bits per heavy atom. The van der Waals surface area contributed by atoms with E-state index >= 15 is 0 Å². The smallest absolute Gasteiger partial charge is 0.455 e. The molecule has 19 nitrogen and oxygen atoms in total. The van der Waals surface area contributed by atoms with Crippen LogP contribution in [0.15, 0.2) is 12.3 Å². The van der Waals surface area contributed by atoms with Crippen LogP contribution in [-0.2, 0) is 56.1 Å². The number of halogens is 1. The van der Waals surface area contributed by atoms with Crippen LogP contribution in [-0.4, -0.2) is 115 Å². The third-order valence-electron chi connectivity index (χ3n) is 5.63. The Hall–Kier alpha value is -3.10. The van der Waals surface area contributed by atoms with Gasteiger partial charge in [-0.3, -0.25) is 14.1 Å². The summed E-state index contributed by atoms with van der Waals surface area (Å²) in [5.74, 6) is -1.82. The number of carbonyl (C=O) groups excluding carboxylic acids is 4. The van der Waals surface area contributed by atoms with Gasteiger partial charge in [0.15, 0.2) is 17.9 Å². The minimum Gasteiger partial charge on any atom is -0.455 e. The summed E-state index contributed by atoms with van der Waals surface area (Å²) >= 11 is 0. The normalized spacial score (nSPS) is 26.8. The van der Waals surface area contributed by atoms with Gasteiger partial charge in [0.1, 0.15) is 12.3 Å². The summed E-state index contributed by atoms with van der Waals surface area (Å²) in [6, 6.07) is 0. The molecule has 0 aliphatic carbocycles. The van der Waals surface area contributed by atoms with Crippen LogP contribution >= 0.6 is 7.82 Å².